The molecule has 20 heavy (non-hydrogen) atoms. The van der Waals surface area contributed by atoms with Gasteiger partial charge in [-0.25, -0.2) is 0 Å². The molecule has 1 heteroatoms. The summed E-state index contributed by atoms with van der Waals surface area (Å²) in [5, 5.41) is 1.21. The van der Waals surface area contributed by atoms with Crippen LogP contribution >= 0.6 is 0 Å². The van der Waals surface area contributed by atoms with Crippen LogP contribution < -0.4 is 0 Å². The van der Waals surface area contributed by atoms with Crippen molar-refractivity contribution in [2.45, 2.75) is 64.7 Å². The van der Waals surface area contributed by atoms with E-state index in [-0.39, 0.29) is 0 Å². The van der Waals surface area contributed by atoms with Gasteiger partial charge in [-0.1, -0.05) is 57.9 Å². The molecular weight excluding hydrogens is 242 g/mol. The molecule has 0 saturated heterocycles. The van der Waals surface area contributed by atoms with E-state index in [1.54, 1.807) is 6.20 Å². The molecule has 0 aliphatic carbocycles. The van der Waals surface area contributed by atoms with Crippen LogP contribution in [0.2, 0.25) is 0 Å². The monoisotopic (exact) mass is 268 g/mol. The summed E-state index contributed by atoms with van der Waals surface area (Å²) >= 11 is 0. The predicted octanol–water partition coefficient (Wildman–Crippen LogP) is 5.72. The van der Waals surface area contributed by atoms with Gasteiger partial charge >= 0.3 is 0 Å². The highest BCUT2D eigenvalue weighted by molar-refractivity contribution is 5.78. The molecule has 0 amide bonds. The van der Waals surface area contributed by atoms with Crippen LogP contribution in [-0.4, -0.2) is 4.98 Å². The summed E-state index contributed by atoms with van der Waals surface area (Å²) in [6.07, 6.45) is 14.0. The molecule has 0 spiro atoms. The van der Waals surface area contributed by atoms with E-state index in [0.29, 0.717) is 0 Å². The van der Waals surface area contributed by atoms with E-state index in [4.69, 9.17) is 0 Å². The van der Waals surface area contributed by atoms with E-state index < -0.39 is 0 Å². The zero-order chi connectivity index (χ0) is 14.0. The largest absolute Gasteiger partial charge is 0.256 e. The lowest BCUT2D eigenvalue weighted by Gasteiger charge is -2.04. The first kappa shape index (κ1) is 15.0. The lowest BCUT2D eigenvalue weighted by molar-refractivity contribution is 0.575. The summed E-state index contributed by atoms with van der Waals surface area (Å²) in [5.41, 5.74) is 2.51. The predicted molar refractivity (Wildman–Crippen MR) is 86.9 cm³/mol. The van der Waals surface area contributed by atoms with Crippen LogP contribution in [0, 0.1) is 6.07 Å². The highest BCUT2D eigenvalue weighted by Gasteiger charge is 1.98. The molecule has 1 heterocycles. The fourth-order valence-corrected chi connectivity index (χ4v) is 2.69. The van der Waals surface area contributed by atoms with Crippen LogP contribution in [0.1, 0.15) is 63.9 Å². The first-order chi connectivity index (χ1) is 9.90. The number of nitrogens with zero attached hydrogens (tertiary/aromatic N) is 1. The van der Waals surface area contributed by atoms with Crippen LogP contribution in [-0.2, 0) is 6.42 Å². The zero-order valence-corrected chi connectivity index (χ0v) is 12.7. The summed E-state index contributed by atoms with van der Waals surface area (Å²) < 4.78 is 0. The Labute approximate surface area is 123 Å². The summed E-state index contributed by atoms with van der Waals surface area (Å²) in [4.78, 5) is 4.31. The molecule has 2 aromatic rings. The van der Waals surface area contributed by atoms with Crippen molar-refractivity contribution < 1.29 is 0 Å². The molecule has 0 bridgehead atoms. The van der Waals surface area contributed by atoms with E-state index in [1.165, 1.54) is 68.7 Å². The van der Waals surface area contributed by atoms with Crippen LogP contribution in [0.3, 0.4) is 0 Å². The van der Waals surface area contributed by atoms with Crippen LogP contribution in [0.15, 0.2) is 30.5 Å². The average Bonchev–Trinajstić information content (AvgIpc) is 2.50. The molecule has 0 aliphatic heterocycles. The number of benzene rings is 1. The minimum Gasteiger partial charge on any atom is -0.256 e. The lowest BCUT2D eigenvalue weighted by Crippen LogP contribution is -1.88. The van der Waals surface area contributed by atoms with E-state index >= 15 is 0 Å². The molecule has 0 N–H and O–H groups in total. The van der Waals surface area contributed by atoms with E-state index in [9.17, 15) is 0 Å². The topological polar surface area (TPSA) is 12.9 Å². The normalized spacial score (nSPS) is 11.1. The highest BCUT2D eigenvalue weighted by atomic mass is 14.6. The molecule has 0 aliphatic rings. The van der Waals surface area contributed by atoms with E-state index in [0.717, 1.165) is 5.52 Å². The molecule has 0 fully saturated rings. The Morgan fingerprint density at radius 2 is 1.70 bits per heavy atom. The standard InChI is InChI=1S/C19H26N/c1-2-3-4-5-6-7-8-9-11-17-13-14-19-18(16-17)12-10-15-20-19/h12-16H,2-9,11H2,1H3. The number of hydrogen-bond acceptors (Lipinski definition) is 1. The number of fused-ring (bicyclic) bond motifs is 1. The number of pyridine rings is 1. The maximum absolute atomic E-state index is 4.31. The molecule has 0 atom stereocenters. The minimum atomic E-state index is 1.07. The van der Waals surface area contributed by atoms with Crippen molar-refractivity contribution in [2.24, 2.45) is 0 Å². The zero-order valence-electron chi connectivity index (χ0n) is 12.7. The van der Waals surface area contributed by atoms with Gasteiger partial charge in [0.05, 0.1) is 5.52 Å². The molecule has 107 valence electrons. The SMILES string of the molecule is CCCCCCCCCCc1ccc2nc[c]cc2c1. The highest BCUT2D eigenvalue weighted by Crippen LogP contribution is 2.16. The Kier molecular flexibility index (Phi) is 6.56. The van der Waals surface area contributed by atoms with Crippen LogP contribution in [0.5, 0.6) is 0 Å². The number of rotatable bonds is 9. The Bertz CT molecular complexity index is 504. The quantitative estimate of drug-likeness (QED) is 0.530. The lowest BCUT2D eigenvalue weighted by atomic mass is 10.0. The molecule has 1 nitrogen and oxygen atoms in total. The first-order valence-corrected chi connectivity index (χ1v) is 8.15. The second-order valence-electron chi connectivity index (χ2n) is 5.69. The van der Waals surface area contributed by atoms with Crippen LogP contribution in [0.4, 0.5) is 0 Å². The average molecular weight is 268 g/mol. The minimum absolute atomic E-state index is 1.07. The third kappa shape index (κ3) is 4.96. The molecule has 1 aromatic heterocycles. The first-order valence-electron chi connectivity index (χ1n) is 8.15. The van der Waals surface area contributed by atoms with E-state index in [2.05, 4.69) is 36.2 Å². The molecule has 2 rings (SSSR count). The van der Waals surface area contributed by atoms with Crippen molar-refractivity contribution in [3.63, 3.8) is 0 Å². The van der Waals surface area contributed by atoms with Crippen molar-refractivity contribution in [2.75, 3.05) is 0 Å². The summed E-state index contributed by atoms with van der Waals surface area (Å²) in [6, 6.07) is 11.7. The number of aryl methyl sites for hydroxylation is 1. The van der Waals surface area contributed by atoms with Gasteiger partial charge in [0.15, 0.2) is 0 Å². The van der Waals surface area contributed by atoms with Gasteiger partial charge < -0.3 is 0 Å². The van der Waals surface area contributed by atoms with Gasteiger partial charge in [0.25, 0.3) is 0 Å². The molecule has 1 aromatic carbocycles. The van der Waals surface area contributed by atoms with E-state index in [1.807, 2.05) is 6.07 Å². The van der Waals surface area contributed by atoms with Gasteiger partial charge in [0.2, 0.25) is 0 Å². The number of hydrogen-bond donors (Lipinski definition) is 0. The van der Waals surface area contributed by atoms with Crippen molar-refractivity contribution in [1.82, 2.24) is 4.98 Å². The number of aromatic nitrogens is 1. The maximum atomic E-state index is 4.31. The Hall–Kier alpha value is -1.37. The van der Waals surface area contributed by atoms with Gasteiger partial charge in [-0.3, -0.25) is 4.98 Å². The van der Waals surface area contributed by atoms with Gasteiger partial charge in [-0.15, -0.1) is 0 Å². The Morgan fingerprint density at radius 1 is 0.950 bits per heavy atom. The smallest absolute Gasteiger partial charge is 0.0702 e. The fourth-order valence-electron chi connectivity index (χ4n) is 2.69. The van der Waals surface area contributed by atoms with Gasteiger partial charge in [0, 0.05) is 17.6 Å². The third-order valence-electron chi connectivity index (χ3n) is 3.93. The van der Waals surface area contributed by atoms with Crippen molar-refractivity contribution in [3.8, 4) is 0 Å². The van der Waals surface area contributed by atoms with Crippen molar-refractivity contribution >= 4 is 10.9 Å². The molecule has 0 unspecified atom stereocenters. The van der Waals surface area contributed by atoms with Gasteiger partial charge in [0.1, 0.15) is 0 Å². The Morgan fingerprint density at radius 3 is 2.50 bits per heavy atom. The van der Waals surface area contributed by atoms with Gasteiger partial charge in [-0.05, 0) is 36.6 Å². The van der Waals surface area contributed by atoms with Crippen molar-refractivity contribution in [3.05, 3.63) is 42.1 Å². The fraction of sp³-hybridized carbons (Fsp3) is 0.526. The summed E-state index contributed by atoms with van der Waals surface area (Å²) in [6.45, 7) is 2.27. The second kappa shape index (κ2) is 8.73. The third-order valence-corrected chi connectivity index (χ3v) is 3.93. The second-order valence-corrected chi connectivity index (χ2v) is 5.69. The van der Waals surface area contributed by atoms with Crippen molar-refractivity contribution in [1.29, 1.82) is 0 Å². The van der Waals surface area contributed by atoms with Gasteiger partial charge in [-0.2, -0.15) is 0 Å². The summed E-state index contributed by atoms with van der Waals surface area (Å²) in [7, 11) is 0. The maximum Gasteiger partial charge on any atom is 0.0702 e. The van der Waals surface area contributed by atoms with Crippen LogP contribution in [0.25, 0.3) is 10.9 Å². The molecule has 1 radical (unpaired) electrons. The molecular formula is C19H26N. The summed E-state index contributed by atoms with van der Waals surface area (Å²) in [5.74, 6) is 0. The number of unbranched alkanes of at least 4 members (excludes halogenated alkanes) is 7. The Balaban J connectivity index is 1.65. The molecule has 0 saturated carbocycles.